The summed E-state index contributed by atoms with van der Waals surface area (Å²) in [6.07, 6.45) is 0.519. The highest BCUT2D eigenvalue weighted by atomic mass is 19.1. The predicted octanol–water partition coefficient (Wildman–Crippen LogP) is 1.17. The van der Waals surface area contributed by atoms with Crippen molar-refractivity contribution in [3.63, 3.8) is 0 Å². The Morgan fingerprint density at radius 3 is 2.76 bits per heavy atom. The average Bonchev–Trinajstić information content (AvgIpc) is 3.09. The molecule has 2 amide bonds. The van der Waals surface area contributed by atoms with Crippen LogP contribution in [-0.2, 0) is 16.6 Å². The van der Waals surface area contributed by atoms with Gasteiger partial charge in [-0.25, -0.2) is 4.39 Å². The first-order valence-electron chi connectivity index (χ1n) is 7.94. The van der Waals surface area contributed by atoms with Crippen molar-refractivity contribution < 1.29 is 18.7 Å². The summed E-state index contributed by atoms with van der Waals surface area (Å²) in [5, 5.41) is 6.91. The maximum atomic E-state index is 12.8. The summed E-state index contributed by atoms with van der Waals surface area (Å²) in [7, 11) is 1.78. The van der Waals surface area contributed by atoms with Gasteiger partial charge in [-0.05, 0) is 37.6 Å². The summed E-state index contributed by atoms with van der Waals surface area (Å²) in [5.41, 5.74) is 0.825. The number of nitrogens with one attached hydrogen (secondary N) is 1. The van der Waals surface area contributed by atoms with Crippen LogP contribution in [0.5, 0.6) is 5.75 Å². The maximum absolute atomic E-state index is 12.8. The molecule has 25 heavy (non-hydrogen) atoms. The Balaban J connectivity index is 1.54. The first kappa shape index (κ1) is 16.9. The van der Waals surface area contributed by atoms with Crippen LogP contribution in [0.25, 0.3) is 0 Å². The number of ether oxygens (including phenoxy) is 1. The van der Waals surface area contributed by atoms with Gasteiger partial charge in [0, 0.05) is 19.7 Å². The number of nitrogens with zero attached hydrogens (tertiary/aromatic N) is 3. The number of hydrogen-bond donors (Lipinski definition) is 1. The van der Waals surface area contributed by atoms with Gasteiger partial charge in [-0.1, -0.05) is 0 Å². The fraction of sp³-hybridized carbons (Fsp3) is 0.353. The second-order valence-corrected chi connectivity index (χ2v) is 5.91. The Morgan fingerprint density at radius 1 is 1.40 bits per heavy atom. The van der Waals surface area contributed by atoms with Crippen LogP contribution in [0, 0.1) is 12.7 Å². The van der Waals surface area contributed by atoms with Gasteiger partial charge < -0.3 is 10.1 Å². The van der Waals surface area contributed by atoms with E-state index >= 15 is 0 Å². The number of carbonyl (C=O) groups excluding carboxylic acids is 2. The van der Waals surface area contributed by atoms with E-state index < -0.39 is 11.9 Å². The molecule has 0 bridgehead atoms. The topological polar surface area (TPSA) is 76.5 Å². The molecule has 2 heterocycles. The number of carbonyl (C=O) groups is 2. The van der Waals surface area contributed by atoms with Gasteiger partial charge in [-0.3, -0.25) is 19.2 Å². The molecule has 1 aliphatic rings. The molecular formula is C17H19FN4O3. The van der Waals surface area contributed by atoms with Crippen molar-refractivity contribution in [2.24, 2.45) is 7.05 Å². The normalized spacial score (nSPS) is 17.0. The average molecular weight is 346 g/mol. The summed E-state index contributed by atoms with van der Waals surface area (Å²) in [5.74, 6) is 0.158. The van der Waals surface area contributed by atoms with Gasteiger partial charge in [0.05, 0.1) is 5.69 Å². The highest BCUT2D eigenvalue weighted by molar-refractivity contribution is 6.00. The van der Waals surface area contributed by atoms with Crippen LogP contribution < -0.4 is 15.0 Å². The zero-order valence-corrected chi connectivity index (χ0v) is 14.0. The van der Waals surface area contributed by atoms with Gasteiger partial charge in [-0.15, -0.1) is 0 Å². The Kier molecular flexibility index (Phi) is 4.69. The molecule has 1 atom stereocenters. The number of anilines is 1. The molecular weight excluding hydrogens is 327 g/mol. The smallest absolute Gasteiger partial charge is 0.258 e. The SMILES string of the molecule is Cc1cc(N2CCC(NC(=O)COc3ccc(F)cc3)C2=O)n(C)n1. The zero-order valence-electron chi connectivity index (χ0n) is 14.0. The van der Waals surface area contributed by atoms with Crippen molar-refractivity contribution in [3.8, 4) is 5.75 Å². The largest absolute Gasteiger partial charge is 0.484 e. The summed E-state index contributed by atoms with van der Waals surface area (Å²) < 4.78 is 19.8. The van der Waals surface area contributed by atoms with Gasteiger partial charge in [-0.2, -0.15) is 5.10 Å². The van der Waals surface area contributed by atoms with Crippen LogP contribution in [0.1, 0.15) is 12.1 Å². The van der Waals surface area contributed by atoms with Crippen LogP contribution >= 0.6 is 0 Å². The number of benzene rings is 1. The van der Waals surface area contributed by atoms with Crippen LogP contribution in [0.4, 0.5) is 10.2 Å². The van der Waals surface area contributed by atoms with E-state index in [4.69, 9.17) is 4.74 Å². The molecule has 0 radical (unpaired) electrons. The summed E-state index contributed by atoms with van der Waals surface area (Å²) >= 11 is 0. The number of amides is 2. The summed E-state index contributed by atoms with van der Waals surface area (Å²) in [6, 6.07) is 6.63. The lowest BCUT2D eigenvalue weighted by Gasteiger charge is -2.17. The molecule has 132 valence electrons. The minimum Gasteiger partial charge on any atom is -0.484 e. The quantitative estimate of drug-likeness (QED) is 0.882. The van der Waals surface area contributed by atoms with E-state index in [-0.39, 0.29) is 18.3 Å². The number of rotatable bonds is 5. The van der Waals surface area contributed by atoms with Crippen molar-refractivity contribution in [2.75, 3.05) is 18.1 Å². The van der Waals surface area contributed by atoms with Gasteiger partial charge in [0.15, 0.2) is 6.61 Å². The summed E-state index contributed by atoms with van der Waals surface area (Å²) in [6.45, 7) is 2.14. The van der Waals surface area contributed by atoms with Gasteiger partial charge in [0.25, 0.3) is 11.8 Å². The van der Waals surface area contributed by atoms with Crippen molar-refractivity contribution in [3.05, 3.63) is 41.8 Å². The second kappa shape index (κ2) is 6.92. The molecule has 1 N–H and O–H groups in total. The van der Waals surface area contributed by atoms with E-state index in [1.54, 1.807) is 16.6 Å². The molecule has 0 spiro atoms. The molecule has 3 rings (SSSR count). The Labute approximate surface area is 144 Å². The van der Waals surface area contributed by atoms with E-state index in [2.05, 4.69) is 10.4 Å². The standard InChI is InChI=1S/C17H19FN4O3/c1-11-9-16(21(2)20-11)22-8-7-14(17(22)24)19-15(23)10-25-13-5-3-12(18)4-6-13/h3-6,9,14H,7-8,10H2,1-2H3,(H,19,23). The molecule has 1 aliphatic heterocycles. The highest BCUT2D eigenvalue weighted by Gasteiger charge is 2.35. The Bertz CT molecular complexity index is 788. The highest BCUT2D eigenvalue weighted by Crippen LogP contribution is 2.22. The number of aromatic nitrogens is 2. The van der Waals surface area contributed by atoms with Gasteiger partial charge in [0.1, 0.15) is 23.4 Å². The first-order chi connectivity index (χ1) is 11.9. The third-order valence-corrected chi connectivity index (χ3v) is 3.98. The minimum absolute atomic E-state index is 0.168. The van der Waals surface area contributed by atoms with E-state index in [0.717, 1.165) is 5.69 Å². The lowest BCUT2D eigenvalue weighted by atomic mass is 10.2. The van der Waals surface area contributed by atoms with Crippen molar-refractivity contribution in [1.29, 1.82) is 0 Å². The van der Waals surface area contributed by atoms with E-state index in [0.29, 0.717) is 24.5 Å². The van der Waals surface area contributed by atoms with Crippen LogP contribution in [0.3, 0.4) is 0 Å². The molecule has 1 unspecified atom stereocenters. The van der Waals surface area contributed by atoms with Crippen LogP contribution in [0.15, 0.2) is 30.3 Å². The Hall–Kier alpha value is -2.90. The minimum atomic E-state index is -0.584. The third kappa shape index (κ3) is 3.78. The molecule has 0 aliphatic carbocycles. The lowest BCUT2D eigenvalue weighted by molar-refractivity contribution is -0.127. The van der Waals surface area contributed by atoms with E-state index in [1.807, 2.05) is 13.0 Å². The molecule has 8 heteroatoms. The van der Waals surface area contributed by atoms with Gasteiger partial charge in [0.2, 0.25) is 0 Å². The number of aryl methyl sites for hydroxylation is 2. The maximum Gasteiger partial charge on any atom is 0.258 e. The molecule has 1 fully saturated rings. The molecule has 7 nitrogen and oxygen atoms in total. The number of hydrogen-bond acceptors (Lipinski definition) is 4. The fourth-order valence-electron chi connectivity index (χ4n) is 2.81. The fourth-order valence-corrected chi connectivity index (χ4v) is 2.81. The predicted molar refractivity (Wildman–Crippen MR) is 88.7 cm³/mol. The zero-order chi connectivity index (χ0) is 18.0. The van der Waals surface area contributed by atoms with E-state index in [9.17, 15) is 14.0 Å². The van der Waals surface area contributed by atoms with Crippen LogP contribution in [0.2, 0.25) is 0 Å². The van der Waals surface area contributed by atoms with Gasteiger partial charge >= 0.3 is 0 Å². The third-order valence-electron chi connectivity index (χ3n) is 3.98. The van der Waals surface area contributed by atoms with Crippen LogP contribution in [-0.4, -0.2) is 40.8 Å². The monoisotopic (exact) mass is 346 g/mol. The Morgan fingerprint density at radius 2 is 2.12 bits per heavy atom. The molecule has 0 saturated carbocycles. The van der Waals surface area contributed by atoms with E-state index in [1.165, 1.54) is 24.3 Å². The molecule has 1 aromatic carbocycles. The first-order valence-corrected chi connectivity index (χ1v) is 7.94. The summed E-state index contributed by atoms with van der Waals surface area (Å²) in [4.78, 5) is 26.1. The molecule has 1 aromatic heterocycles. The van der Waals surface area contributed by atoms with Crippen molar-refractivity contribution in [1.82, 2.24) is 15.1 Å². The molecule has 2 aromatic rings. The molecule has 1 saturated heterocycles. The second-order valence-electron chi connectivity index (χ2n) is 5.91. The number of halogens is 1. The van der Waals surface area contributed by atoms with Crippen molar-refractivity contribution in [2.45, 2.75) is 19.4 Å². The lowest BCUT2D eigenvalue weighted by Crippen LogP contribution is -2.43. The van der Waals surface area contributed by atoms with Crippen molar-refractivity contribution >= 4 is 17.6 Å².